The van der Waals surface area contributed by atoms with Crippen molar-refractivity contribution < 1.29 is 4.79 Å². The second kappa shape index (κ2) is 8.75. The number of nitrogens with two attached hydrogens (primary N) is 1. The normalized spacial score (nSPS) is 12.4. The Morgan fingerprint density at radius 3 is 2.45 bits per heavy atom. The average molecular weight is 276 g/mol. The maximum Gasteiger partial charge on any atom is 0.222 e. The molecule has 0 heterocycles. The fourth-order valence-electron chi connectivity index (χ4n) is 2.40. The number of likely N-dealkylation sites (N-methyl/N-ethyl adjacent to an activating group) is 1. The molecular formula is C17H28N2O. The molecule has 0 fully saturated rings. The zero-order valence-corrected chi connectivity index (χ0v) is 13.0. The lowest BCUT2D eigenvalue weighted by molar-refractivity contribution is -0.130. The van der Waals surface area contributed by atoms with Gasteiger partial charge in [-0.05, 0) is 36.8 Å². The van der Waals surface area contributed by atoms with Gasteiger partial charge in [0.2, 0.25) is 5.91 Å². The van der Waals surface area contributed by atoms with Gasteiger partial charge in [-0.3, -0.25) is 4.79 Å². The third kappa shape index (κ3) is 6.20. The van der Waals surface area contributed by atoms with Crippen molar-refractivity contribution in [3.63, 3.8) is 0 Å². The highest BCUT2D eigenvalue weighted by Crippen LogP contribution is 2.15. The molecule has 112 valence electrons. The summed E-state index contributed by atoms with van der Waals surface area (Å²) in [7, 11) is 1.88. The van der Waals surface area contributed by atoms with Crippen molar-refractivity contribution in [1.29, 1.82) is 0 Å². The molecule has 3 nitrogen and oxygen atoms in total. The van der Waals surface area contributed by atoms with Gasteiger partial charge < -0.3 is 10.6 Å². The fourth-order valence-corrected chi connectivity index (χ4v) is 2.40. The molecule has 0 spiro atoms. The van der Waals surface area contributed by atoms with E-state index in [0.717, 1.165) is 19.4 Å². The van der Waals surface area contributed by atoms with E-state index in [-0.39, 0.29) is 5.91 Å². The number of rotatable bonds is 8. The lowest BCUT2D eigenvalue weighted by atomic mass is 9.94. The summed E-state index contributed by atoms with van der Waals surface area (Å²) in [5.41, 5.74) is 7.03. The minimum absolute atomic E-state index is 0.206. The molecule has 0 aromatic heterocycles. The zero-order valence-electron chi connectivity index (χ0n) is 13.0. The Labute approximate surface area is 123 Å². The Hall–Kier alpha value is -1.35. The van der Waals surface area contributed by atoms with Crippen LogP contribution in [0.15, 0.2) is 30.3 Å². The van der Waals surface area contributed by atoms with Crippen LogP contribution in [-0.2, 0) is 11.2 Å². The van der Waals surface area contributed by atoms with Gasteiger partial charge in [-0.15, -0.1) is 0 Å². The number of carbonyl (C=O) groups is 1. The largest absolute Gasteiger partial charge is 0.345 e. The van der Waals surface area contributed by atoms with Gasteiger partial charge in [0.1, 0.15) is 0 Å². The summed E-state index contributed by atoms with van der Waals surface area (Å²) in [6.45, 7) is 5.71. The van der Waals surface area contributed by atoms with E-state index in [1.807, 2.05) is 30.1 Å². The Kier molecular flexibility index (Phi) is 7.31. The number of benzene rings is 1. The number of hydrogen-bond acceptors (Lipinski definition) is 2. The first-order chi connectivity index (χ1) is 9.52. The summed E-state index contributed by atoms with van der Waals surface area (Å²) in [5.74, 6) is 1.10. The number of carbonyl (C=O) groups excluding carboxylic acids is 1. The van der Waals surface area contributed by atoms with Crippen molar-refractivity contribution in [3.05, 3.63) is 35.9 Å². The molecule has 1 aromatic carbocycles. The third-order valence-electron chi connectivity index (χ3n) is 3.61. The second-order valence-electron chi connectivity index (χ2n) is 5.99. The molecule has 0 bridgehead atoms. The van der Waals surface area contributed by atoms with Crippen LogP contribution in [-0.4, -0.2) is 30.9 Å². The highest BCUT2D eigenvalue weighted by molar-refractivity contribution is 5.76. The van der Waals surface area contributed by atoms with Crippen LogP contribution in [0.3, 0.4) is 0 Å². The van der Waals surface area contributed by atoms with Crippen LogP contribution in [0.4, 0.5) is 0 Å². The highest BCUT2D eigenvalue weighted by Gasteiger charge is 2.16. The van der Waals surface area contributed by atoms with Crippen LogP contribution >= 0.6 is 0 Å². The number of amides is 1. The van der Waals surface area contributed by atoms with E-state index < -0.39 is 0 Å². The fraction of sp³-hybridized carbons (Fsp3) is 0.588. The Morgan fingerprint density at radius 2 is 1.90 bits per heavy atom. The van der Waals surface area contributed by atoms with E-state index >= 15 is 0 Å². The predicted octanol–water partition coefficient (Wildman–Crippen LogP) is 2.70. The standard InChI is InChI=1S/C17H28N2O/c1-14(2)11-16(13-18)12-17(20)19(3)10-9-15-7-5-4-6-8-15/h4-8,14,16H,9-13,18H2,1-3H3/t16-/m0/s1. The van der Waals surface area contributed by atoms with E-state index in [2.05, 4.69) is 26.0 Å². The van der Waals surface area contributed by atoms with Crippen molar-refractivity contribution in [2.24, 2.45) is 17.6 Å². The summed E-state index contributed by atoms with van der Waals surface area (Å²) in [6, 6.07) is 10.3. The SMILES string of the molecule is CC(C)C[C@H](CN)CC(=O)N(C)CCc1ccccc1. The van der Waals surface area contributed by atoms with Crippen LogP contribution in [0.25, 0.3) is 0 Å². The van der Waals surface area contributed by atoms with E-state index in [1.165, 1.54) is 5.56 Å². The smallest absolute Gasteiger partial charge is 0.222 e. The summed E-state index contributed by atoms with van der Waals surface area (Å²) < 4.78 is 0. The quantitative estimate of drug-likeness (QED) is 0.793. The molecule has 1 rings (SSSR count). The summed E-state index contributed by atoms with van der Waals surface area (Å²) >= 11 is 0. The van der Waals surface area contributed by atoms with E-state index in [4.69, 9.17) is 5.73 Å². The van der Waals surface area contributed by atoms with Crippen LogP contribution < -0.4 is 5.73 Å². The average Bonchev–Trinajstić information content (AvgIpc) is 2.44. The van der Waals surface area contributed by atoms with Crippen LogP contribution in [0.5, 0.6) is 0 Å². The Morgan fingerprint density at radius 1 is 1.25 bits per heavy atom. The number of hydrogen-bond donors (Lipinski definition) is 1. The van der Waals surface area contributed by atoms with Gasteiger partial charge in [0, 0.05) is 20.0 Å². The van der Waals surface area contributed by atoms with Gasteiger partial charge in [0.25, 0.3) is 0 Å². The molecule has 1 atom stereocenters. The second-order valence-corrected chi connectivity index (χ2v) is 5.99. The van der Waals surface area contributed by atoms with Gasteiger partial charge in [0.05, 0.1) is 0 Å². The molecule has 0 aliphatic carbocycles. The third-order valence-corrected chi connectivity index (χ3v) is 3.61. The van der Waals surface area contributed by atoms with Gasteiger partial charge >= 0.3 is 0 Å². The summed E-state index contributed by atoms with van der Waals surface area (Å²) in [4.78, 5) is 14.0. The molecule has 1 aromatic rings. The van der Waals surface area contributed by atoms with E-state index in [9.17, 15) is 4.79 Å². The lowest BCUT2D eigenvalue weighted by Crippen LogP contribution is -2.32. The van der Waals surface area contributed by atoms with Crippen LogP contribution in [0, 0.1) is 11.8 Å². The van der Waals surface area contributed by atoms with Crippen molar-refractivity contribution in [3.8, 4) is 0 Å². The lowest BCUT2D eigenvalue weighted by Gasteiger charge is -2.22. The van der Waals surface area contributed by atoms with Crippen LogP contribution in [0.1, 0.15) is 32.3 Å². The first-order valence-corrected chi connectivity index (χ1v) is 7.50. The maximum absolute atomic E-state index is 12.2. The minimum Gasteiger partial charge on any atom is -0.345 e. The molecule has 0 radical (unpaired) electrons. The Bertz CT molecular complexity index is 389. The predicted molar refractivity (Wildman–Crippen MR) is 84.4 cm³/mol. The van der Waals surface area contributed by atoms with Gasteiger partial charge in [-0.1, -0.05) is 44.2 Å². The van der Waals surface area contributed by atoms with Crippen molar-refractivity contribution in [1.82, 2.24) is 4.90 Å². The molecule has 20 heavy (non-hydrogen) atoms. The zero-order chi connectivity index (χ0) is 15.0. The highest BCUT2D eigenvalue weighted by atomic mass is 16.2. The molecule has 1 amide bonds. The minimum atomic E-state index is 0.206. The molecule has 0 saturated heterocycles. The van der Waals surface area contributed by atoms with Gasteiger partial charge in [-0.25, -0.2) is 0 Å². The van der Waals surface area contributed by atoms with E-state index in [0.29, 0.717) is 24.8 Å². The van der Waals surface area contributed by atoms with Crippen LogP contribution in [0.2, 0.25) is 0 Å². The summed E-state index contributed by atoms with van der Waals surface area (Å²) in [6.07, 6.45) is 2.50. The molecule has 0 aliphatic rings. The molecule has 0 saturated carbocycles. The molecule has 2 N–H and O–H groups in total. The number of nitrogens with zero attached hydrogens (tertiary/aromatic N) is 1. The first kappa shape index (κ1) is 16.7. The topological polar surface area (TPSA) is 46.3 Å². The Balaban J connectivity index is 2.38. The molecule has 3 heteroatoms. The van der Waals surface area contributed by atoms with Crippen molar-refractivity contribution in [2.75, 3.05) is 20.1 Å². The molecule has 0 aliphatic heterocycles. The van der Waals surface area contributed by atoms with E-state index in [1.54, 1.807) is 0 Å². The molecular weight excluding hydrogens is 248 g/mol. The van der Waals surface area contributed by atoms with Crippen molar-refractivity contribution in [2.45, 2.75) is 33.1 Å². The first-order valence-electron chi connectivity index (χ1n) is 7.50. The van der Waals surface area contributed by atoms with Gasteiger partial charge in [-0.2, -0.15) is 0 Å². The van der Waals surface area contributed by atoms with Crippen molar-refractivity contribution >= 4 is 5.91 Å². The van der Waals surface area contributed by atoms with Gasteiger partial charge in [0.15, 0.2) is 0 Å². The summed E-state index contributed by atoms with van der Waals surface area (Å²) in [5, 5.41) is 0. The monoisotopic (exact) mass is 276 g/mol. The molecule has 0 unspecified atom stereocenters. The maximum atomic E-state index is 12.2.